The summed E-state index contributed by atoms with van der Waals surface area (Å²) in [6, 6.07) is 16.1. The van der Waals surface area contributed by atoms with Crippen LogP contribution in [0.15, 0.2) is 54.6 Å². The molecule has 2 aromatic carbocycles. The smallest absolute Gasteiger partial charge is 0.423 e. The average Bonchev–Trinajstić information content (AvgIpc) is 2.82. The maximum Gasteiger partial charge on any atom is 0.488 e. The maximum absolute atomic E-state index is 9.08. The van der Waals surface area contributed by atoms with Crippen molar-refractivity contribution in [2.75, 3.05) is 11.9 Å². The van der Waals surface area contributed by atoms with Crippen molar-refractivity contribution in [3.63, 3.8) is 0 Å². The number of hydrogen-bond donors (Lipinski definition) is 2. The molecular weight excluding hydrogens is 261 g/mol. The number of anilines is 1. The summed E-state index contributed by atoms with van der Waals surface area (Å²) in [6.45, 7) is 0. The Labute approximate surface area is 125 Å². The third-order valence-corrected chi connectivity index (χ3v) is 4.04. The zero-order chi connectivity index (χ0) is 14.8. The molecule has 3 nitrogen and oxygen atoms in total. The van der Waals surface area contributed by atoms with Gasteiger partial charge in [0, 0.05) is 12.7 Å². The first-order chi connectivity index (χ1) is 10.1. The third-order valence-electron chi connectivity index (χ3n) is 4.04. The van der Waals surface area contributed by atoms with Gasteiger partial charge in [0.25, 0.3) is 0 Å². The van der Waals surface area contributed by atoms with Crippen LogP contribution in [0.5, 0.6) is 0 Å². The monoisotopic (exact) mass is 279 g/mol. The number of hydrogen-bond acceptors (Lipinski definition) is 3. The second kappa shape index (κ2) is 5.76. The SMILES string of the molecule is CN1c2ccccc2CC1C=Cc1ccc(B(O)O)cc1. The standard InChI is InChI=1S/C17H18BNO2/c1-19-16(12-14-4-2-3-5-17(14)19)11-8-13-6-9-15(10-7-13)18(20)21/h2-11,16,20-21H,12H2,1H3. The first-order valence-electron chi connectivity index (χ1n) is 7.10. The fourth-order valence-corrected chi connectivity index (χ4v) is 2.77. The average molecular weight is 279 g/mol. The van der Waals surface area contributed by atoms with Crippen LogP contribution in [0.2, 0.25) is 0 Å². The molecule has 2 aromatic rings. The van der Waals surface area contributed by atoms with E-state index in [2.05, 4.69) is 48.4 Å². The summed E-state index contributed by atoms with van der Waals surface area (Å²) < 4.78 is 0. The Kier molecular flexibility index (Phi) is 3.82. The van der Waals surface area contributed by atoms with Crippen molar-refractivity contribution in [2.45, 2.75) is 12.5 Å². The summed E-state index contributed by atoms with van der Waals surface area (Å²) in [5.74, 6) is 0. The van der Waals surface area contributed by atoms with Crippen molar-refractivity contribution in [2.24, 2.45) is 0 Å². The van der Waals surface area contributed by atoms with E-state index in [4.69, 9.17) is 10.0 Å². The van der Waals surface area contributed by atoms with Gasteiger partial charge in [0.2, 0.25) is 0 Å². The van der Waals surface area contributed by atoms with Crippen molar-refractivity contribution >= 4 is 24.3 Å². The number of likely N-dealkylation sites (N-methyl/N-ethyl adjacent to an activating group) is 1. The van der Waals surface area contributed by atoms with Crippen LogP contribution in [0, 0.1) is 0 Å². The molecule has 0 bridgehead atoms. The van der Waals surface area contributed by atoms with Crippen LogP contribution in [0.25, 0.3) is 6.08 Å². The highest BCUT2D eigenvalue weighted by Crippen LogP contribution is 2.31. The van der Waals surface area contributed by atoms with E-state index in [1.54, 1.807) is 12.1 Å². The molecule has 106 valence electrons. The molecule has 1 heterocycles. The van der Waals surface area contributed by atoms with E-state index in [9.17, 15) is 0 Å². The summed E-state index contributed by atoms with van der Waals surface area (Å²) >= 11 is 0. The molecule has 0 radical (unpaired) electrons. The lowest BCUT2D eigenvalue weighted by Crippen LogP contribution is -2.29. The maximum atomic E-state index is 9.08. The molecular formula is C17H18BNO2. The van der Waals surface area contributed by atoms with Crippen LogP contribution < -0.4 is 10.4 Å². The number of benzene rings is 2. The molecule has 0 spiro atoms. The topological polar surface area (TPSA) is 43.7 Å². The van der Waals surface area contributed by atoms with Gasteiger partial charge in [-0.3, -0.25) is 0 Å². The summed E-state index contributed by atoms with van der Waals surface area (Å²) in [4.78, 5) is 2.29. The molecule has 0 aliphatic carbocycles. The van der Waals surface area contributed by atoms with Crippen LogP contribution in [0.4, 0.5) is 5.69 Å². The summed E-state index contributed by atoms with van der Waals surface area (Å²) in [6.07, 6.45) is 5.31. The van der Waals surface area contributed by atoms with Gasteiger partial charge in [-0.25, -0.2) is 0 Å². The zero-order valence-corrected chi connectivity index (χ0v) is 12.0. The van der Waals surface area contributed by atoms with Crippen molar-refractivity contribution in [1.82, 2.24) is 0 Å². The first kappa shape index (κ1) is 13.9. The molecule has 0 amide bonds. The van der Waals surface area contributed by atoms with Gasteiger partial charge >= 0.3 is 7.12 Å². The van der Waals surface area contributed by atoms with Crippen LogP contribution >= 0.6 is 0 Å². The quantitative estimate of drug-likeness (QED) is 0.836. The van der Waals surface area contributed by atoms with Gasteiger partial charge in [-0.2, -0.15) is 0 Å². The van der Waals surface area contributed by atoms with E-state index < -0.39 is 7.12 Å². The van der Waals surface area contributed by atoms with Crippen LogP contribution in [-0.2, 0) is 6.42 Å². The van der Waals surface area contributed by atoms with Gasteiger partial charge in [0.05, 0.1) is 6.04 Å². The highest BCUT2D eigenvalue weighted by molar-refractivity contribution is 6.58. The minimum Gasteiger partial charge on any atom is -0.423 e. The van der Waals surface area contributed by atoms with Crippen LogP contribution in [0.1, 0.15) is 11.1 Å². The van der Waals surface area contributed by atoms with Gasteiger partial charge in [-0.15, -0.1) is 0 Å². The lowest BCUT2D eigenvalue weighted by Gasteiger charge is -2.19. The van der Waals surface area contributed by atoms with Crippen molar-refractivity contribution < 1.29 is 10.0 Å². The van der Waals surface area contributed by atoms with E-state index in [-0.39, 0.29) is 0 Å². The molecule has 4 heteroatoms. The Bertz CT molecular complexity index is 652. The van der Waals surface area contributed by atoms with Gasteiger partial charge < -0.3 is 14.9 Å². The van der Waals surface area contributed by atoms with E-state index in [0.29, 0.717) is 11.5 Å². The molecule has 1 atom stereocenters. The van der Waals surface area contributed by atoms with Crippen LogP contribution in [0.3, 0.4) is 0 Å². The third kappa shape index (κ3) is 2.87. The minimum absolute atomic E-state index is 0.366. The van der Waals surface area contributed by atoms with Gasteiger partial charge in [0.1, 0.15) is 0 Å². The Morgan fingerprint density at radius 3 is 2.48 bits per heavy atom. The lowest BCUT2D eigenvalue weighted by atomic mass is 9.80. The first-order valence-corrected chi connectivity index (χ1v) is 7.10. The predicted octanol–water partition coefficient (Wildman–Crippen LogP) is 1.44. The van der Waals surface area contributed by atoms with Gasteiger partial charge in [0.15, 0.2) is 0 Å². The fourth-order valence-electron chi connectivity index (χ4n) is 2.77. The van der Waals surface area contributed by atoms with Gasteiger partial charge in [-0.1, -0.05) is 54.6 Å². The van der Waals surface area contributed by atoms with E-state index >= 15 is 0 Å². The number of para-hydroxylation sites is 1. The Balaban J connectivity index is 1.73. The lowest BCUT2D eigenvalue weighted by molar-refractivity contribution is 0.426. The van der Waals surface area contributed by atoms with Crippen molar-refractivity contribution in [1.29, 1.82) is 0 Å². The highest BCUT2D eigenvalue weighted by atomic mass is 16.4. The molecule has 0 saturated carbocycles. The number of fused-ring (bicyclic) bond motifs is 1. The molecule has 1 aliphatic rings. The van der Waals surface area contributed by atoms with E-state index in [1.165, 1.54) is 11.3 Å². The molecule has 3 rings (SSSR count). The number of nitrogens with zero attached hydrogens (tertiary/aromatic N) is 1. The minimum atomic E-state index is -1.40. The largest absolute Gasteiger partial charge is 0.488 e. The predicted molar refractivity (Wildman–Crippen MR) is 87.6 cm³/mol. The van der Waals surface area contributed by atoms with Crippen molar-refractivity contribution in [3.05, 3.63) is 65.7 Å². The summed E-state index contributed by atoms with van der Waals surface area (Å²) in [5, 5.41) is 18.2. The Morgan fingerprint density at radius 2 is 1.81 bits per heavy atom. The molecule has 21 heavy (non-hydrogen) atoms. The summed E-state index contributed by atoms with van der Waals surface area (Å²) in [7, 11) is 0.713. The highest BCUT2D eigenvalue weighted by Gasteiger charge is 2.23. The molecule has 2 N–H and O–H groups in total. The van der Waals surface area contributed by atoms with E-state index in [1.807, 2.05) is 12.1 Å². The van der Waals surface area contributed by atoms with Crippen molar-refractivity contribution in [3.8, 4) is 0 Å². The van der Waals surface area contributed by atoms with E-state index in [0.717, 1.165) is 12.0 Å². The normalized spacial score (nSPS) is 17.3. The second-order valence-electron chi connectivity index (χ2n) is 5.41. The second-order valence-corrected chi connectivity index (χ2v) is 5.41. The zero-order valence-electron chi connectivity index (χ0n) is 12.0. The summed E-state index contributed by atoms with van der Waals surface area (Å²) in [5.41, 5.74) is 4.25. The molecule has 1 unspecified atom stereocenters. The molecule has 0 saturated heterocycles. The number of rotatable bonds is 3. The Hall–Kier alpha value is -2.04. The molecule has 0 fully saturated rings. The molecule has 1 aliphatic heterocycles. The Morgan fingerprint density at radius 1 is 1.10 bits per heavy atom. The molecule has 0 aromatic heterocycles. The van der Waals surface area contributed by atoms with Crippen LogP contribution in [-0.4, -0.2) is 30.3 Å². The fraction of sp³-hybridized carbons (Fsp3) is 0.176. The van der Waals surface area contributed by atoms with Gasteiger partial charge in [-0.05, 0) is 29.1 Å².